The standard InChI is InChI=1S/C10H8BrN3OS/c11-7-4-9(12-5-7)10(15)14-13-6-8-2-1-3-16-8/h1-6,12H,(H,14,15)/b13-6-. The Labute approximate surface area is 105 Å². The van der Waals surface area contributed by atoms with Gasteiger partial charge in [-0.1, -0.05) is 6.07 Å². The van der Waals surface area contributed by atoms with Crippen molar-refractivity contribution in [1.29, 1.82) is 0 Å². The van der Waals surface area contributed by atoms with Crippen molar-refractivity contribution in [2.24, 2.45) is 5.10 Å². The van der Waals surface area contributed by atoms with Gasteiger partial charge in [0.1, 0.15) is 5.69 Å². The lowest BCUT2D eigenvalue weighted by Crippen LogP contribution is -2.17. The first-order valence-electron chi connectivity index (χ1n) is 4.46. The molecule has 2 N–H and O–H groups in total. The van der Waals surface area contributed by atoms with Gasteiger partial charge in [-0.25, -0.2) is 5.43 Å². The van der Waals surface area contributed by atoms with Crippen LogP contribution in [-0.4, -0.2) is 17.1 Å². The van der Waals surface area contributed by atoms with Gasteiger partial charge < -0.3 is 4.98 Å². The summed E-state index contributed by atoms with van der Waals surface area (Å²) in [6.07, 6.45) is 3.30. The molecule has 0 aliphatic carbocycles. The second-order valence-electron chi connectivity index (χ2n) is 2.95. The predicted octanol–water partition coefficient (Wildman–Crippen LogP) is 2.60. The topological polar surface area (TPSA) is 57.2 Å². The van der Waals surface area contributed by atoms with Crippen LogP contribution >= 0.6 is 27.3 Å². The van der Waals surface area contributed by atoms with E-state index in [1.807, 2.05) is 17.5 Å². The summed E-state index contributed by atoms with van der Waals surface area (Å²) in [6, 6.07) is 5.54. The monoisotopic (exact) mass is 297 g/mol. The molecule has 4 nitrogen and oxygen atoms in total. The highest BCUT2D eigenvalue weighted by molar-refractivity contribution is 9.10. The van der Waals surface area contributed by atoms with Crippen LogP contribution in [0.15, 0.2) is 39.4 Å². The molecule has 0 fully saturated rings. The number of hydrazone groups is 1. The van der Waals surface area contributed by atoms with Crippen molar-refractivity contribution >= 4 is 39.4 Å². The fourth-order valence-corrected chi connectivity index (χ4v) is 2.01. The first-order valence-corrected chi connectivity index (χ1v) is 6.14. The number of carbonyl (C=O) groups excluding carboxylic acids is 1. The van der Waals surface area contributed by atoms with Crippen LogP contribution in [0, 0.1) is 0 Å². The van der Waals surface area contributed by atoms with Gasteiger partial charge >= 0.3 is 0 Å². The lowest BCUT2D eigenvalue weighted by atomic mass is 10.4. The number of nitrogens with one attached hydrogen (secondary N) is 2. The molecule has 2 aromatic rings. The number of hydrogen-bond donors (Lipinski definition) is 2. The Bertz CT molecular complexity index is 504. The summed E-state index contributed by atoms with van der Waals surface area (Å²) in [5.41, 5.74) is 2.90. The third-order valence-corrected chi connectivity index (χ3v) is 3.06. The quantitative estimate of drug-likeness (QED) is 0.664. The van der Waals surface area contributed by atoms with E-state index in [4.69, 9.17) is 0 Å². The number of amides is 1. The third-order valence-electron chi connectivity index (χ3n) is 1.79. The third kappa shape index (κ3) is 2.80. The lowest BCUT2D eigenvalue weighted by molar-refractivity contribution is 0.0951. The Kier molecular flexibility index (Phi) is 3.53. The van der Waals surface area contributed by atoms with Gasteiger partial charge in [0, 0.05) is 15.5 Å². The van der Waals surface area contributed by atoms with Gasteiger partial charge in [-0.05, 0) is 33.4 Å². The minimum Gasteiger partial charge on any atom is -0.356 e. The number of hydrogen-bond acceptors (Lipinski definition) is 3. The number of aromatic amines is 1. The van der Waals surface area contributed by atoms with Crippen molar-refractivity contribution in [2.75, 3.05) is 0 Å². The average molecular weight is 298 g/mol. The SMILES string of the molecule is O=C(N/N=C\c1cccs1)c1cc(Br)c[nH]1. The number of aromatic nitrogens is 1. The van der Waals surface area contributed by atoms with E-state index in [0.29, 0.717) is 5.69 Å². The largest absolute Gasteiger partial charge is 0.356 e. The number of nitrogens with zero attached hydrogens (tertiary/aromatic N) is 1. The number of thiophene rings is 1. The minimum absolute atomic E-state index is 0.265. The molecule has 0 spiro atoms. The molecule has 1 amide bonds. The maximum Gasteiger partial charge on any atom is 0.287 e. The van der Waals surface area contributed by atoms with Gasteiger partial charge in [0.25, 0.3) is 5.91 Å². The molecule has 0 saturated carbocycles. The molecule has 82 valence electrons. The maximum absolute atomic E-state index is 11.5. The van der Waals surface area contributed by atoms with E-state index in [1.165, 1.54) is 0 Å². The Morgan fingerprint density at radius 2 is 2.50 bits per heavy atom. The van der Waals surface area contributed by atoms with Crippen molar-refractivity contribution in [1.82, 2.24) is 10.4 Å². The molecule has 0 radical (unpaired) electrons. The van der Waals surface area contributed by atoms with E-state index in [1.54, 1.807) is 29.8 Å². The summed E-state index contributed by atoms with van der Waals surface area (Å²) < 4.78 is 0.833. The molecule has 0 aliphatic rings. The van der Waals surface area contributed by atoms with Crippen LogP contribution in [0.25, 0.3) is 0 Å². The second kappa shape index (κ2) is 5.09. The first-order chi connectivity index (χ1) is 7.75. The maximum atomic E-state index is 11.5. The first kappa shape index (κ1) is 11.1. The van der Waals surface area contributed by atoms with Crippen LogP contribution in [-0.2, 0) is 0 Å². The highest BCUT2D eigenvalue weighted by Gasteiger charge is 2.05. The predicted molar refractivity (Wildman–Crippen MR) is 67.9 cm³/mol. The second-order valence-corrected chi connectivity index (χ2v) is 4.84. The number of rotatable bonds is 3. The Morgan fingerprint density at radius 3 is 3.12 bits per heavy atom. The van der Waals surface area contributed by atoms with Crippen LogP contribution in [0.4, 0.5) is 0 Å². The molecule has 0 aromatic carbocycles. The Morgan fingerprint density at radius 1 is 1.62 bits per heavy atom. The van der Waals surface area contributed by atoms with Crippen molar-refractivity contribution < 1.29 is 4.79 Å². The number of H-pyrrole nitrogens is 1. The van der Waals surface area contributed by atoms with Gasteiger partial charge in [-0.15, -0.1) is 11.3 Å². The average Bonchev–Trinajstić information content (AvgIpc) is 2.89. The molecule has 16 heavy (non-hydrogen) atoms. The van der Waals surface area contributed by atoms with Gasteiger partial charge in [0.15, 0.2) is 0 Å². The lowest BCUT2D eigenvalue weighted by Gasteiger charge is -1.94. The molecule has 6 heteroatoms. The van der Waals surface area contributed by atoms with Crippen molar-refractivity contribution in [3.05, 3.63) is 44.8 Å². The molecule has 2 rings (SSSR count). The summed E-state index contributed by atoms with van der Waals surface area (Å²) in [7, 11) is 0. The molecule has 2 heterocycles. The van der Waals surface area contributed by atoms with Gasteiger partial charge in [-0.2, -0.15) is 5.10 Å². The summed E-state index contributed by atoms with van der Waals surface area (Å²) in [5.74, 6) is -0.265. The summed E-state index contributed by atoms with van der Waals surface area (Å²) in [4.78, 5) is 15.3. The smallest absolute Gasteiger partial charge is 0.287 e. The molecular weight excluding hydrogens is 290 g/mol. The van der Waals surface area contributed by atoms with Crippen molar-refractivity contribution in [2.45, 2.75) is 0 Å². The zero-order chi connectivity index (χ0) is 11.4. The Balaban J connectivity index is 1.94. The fourth-order valence-electron chi connectivity index (χ4n) is 1.08. The summed E-state index contributed by atoms with van der Waals surface area (Å²) in [6.45, 7) is 0. The van der Waals surface area contributed by atoms with E-state index in [0.717, 1.165) is 9.35 Å². The van der Waals surface area contributed by atoms with E-state index in [9.17, 15) is 4.79 Å². The number of carbonyl (C=O) groups is 1. The van der Waals surface area contributed by atoms with Crippen LogP contribution in [0.1, 0.15) is 15.4 Å². The minimum atomic E-state index is -0.265. The van der Waals surface area contributed by atoms with Gasteiger partial charge in [0.05, 0.1) is 6.21 Å². The van der Waals surface area contributed by atoms with Crippen LogP contribution in [0.2, 0.25) is 0 Å². The zero-order valence-electron chi connectivity index (χ0n) is 8.11. The molecule has 0 saturated heterocycles. The highest BCUT2D eigenvalue weighted by Crippen LogP contribution is 2.10. The highest BCUT2D eigenvalue weighted by atomic mass is 79.9. The molecule has 0 atom stereocenters. The summed E-state index contributed by atoms with van der Waals surface area (Å²) in [5, 5.41) is 5.80. The zero-order valence-corrected chi connectivity index (χ0v) is 10.5. The molecule has 0 unspecified atom stereocenters. The van der Waals surface area contributed by atoms with E-state index in [-0.39, 0.29) is 5.91 Å². The van der Waals surface area contributed by atoms with Crippen LogP contribution in [0.5, 0.6) is 0 Å². The van der Waals surface area contributed by atoms with Crippen molar-refractivity contribution in [3.8, 4) is 0 Å². The fraction of sp³-hybridized carbons (Fsp3) is 0. The van der Waals surface area contributed by atoms with E-state index in [2.05, 4.69) is 31.4 Å². The Hall–Kier alpha value is -1.40. The molecule has 0 aliphatic heterocycles. The molecular formula is C10H8BrN3OS. The normalized spacial score (nSPS) is 10.8. The number of halogens is 1. The molecule has 0 bridgehead atoms. The van der Waals surface area contributed by atoms with E-state index >= 15 is 0 Å². The van der Waals surface area contributed by atoms with E-state index < -0.39 is 0 Å². The van der Waals surface area contributed by atoms with Crippen LogP contribution < -0.4 is 5.43 Å². The summed E-state index contributed by atoms with van der Waals surface area (Å²) >= 11 is 4.81. The van der Waals surface area contributed by atoms with Crippen LogP contribution in [0.3, 0.4) is 0 Å². The van der Waals surface area contributed by atoms with Gasteiger partial charge in [0.2, 0.25) is 0 Å². The van der Waals surface area contributed by atoms with Gasteiger partial charge in [-0.3, -0.25) is 4.79 Å². The van der Waals surface area contributed by atoms with Crippen molar-refractivity contribution in [3.63, 3.8) is 0 Å². The molecule has 2 aromatic heterocycles.